The highest BCUT2D eigenvalue weighted by Gasteiger charge is 2.44. The molecule has 0 bridgehead atoms. The molecule has 2 rings (SSSR count). The second kappa shape index (κ2) is 5.35. The summed E-state index contributed by atoms with van der Waals surface area (Å²) in [5.41, 5.74) is -0.0448. The second-order valence-corrected chi connectivity index (χ2v) is 7.12. The van der Waals surface area contributed by atoms with Crippen molar-refractivity contribution in [1.82, 2.24) is 9.80 Å². The summed E-state index contributed by atoms with van der Waals surface area (Å²) < 4.78 is 0. The van der Waals surface area contributed by atoms with E-state index in [0.717, 1.165) is 6.54 Å². The summed E-state index contributed by atoms with van der Waals surface area (Å²) in [5, 5.41) is 9.31. The first-order valence-electron chi connectivity index (χ1n) is 7.45. The molecule has 0 aromatic carbocycles. The molecule has 0 spiro atoms. The molecular weight excluding hydrogens is 256 g/mol. The normalized spacial score (nSPS) is 34.2. The lowest BCUT2D eigenvalue weighted by Gasteiger charge is -2.46. The molecule has 0 radical (unpaired) electrons. The lowest BCUT2D eigenvalue weighted by atomic mass is 9.92. The molecule has 1 amide bonds. The highest BCUT2D eigenvalue weighted by atomic mass is 16.4. The van der Waals surface area contributed by atoms with E-state index in [0.29, 0.717) is 31.8 Å². The standard InChI is InChI=1S/C15H26N2O3/c1-10-7-11(12(8-10)14(19)20)13(18)17-6-5-16(4)15(2,3)9-17/h10-12H,5-9H2,1-4H3,(H,19,20). The average Bonchev–Trinajstić information content (AvgIpc) is 2.74. The third kappa shape index (κ3) is 2.82. The fourth-order valence-corrected chi connectivity index (χ4v) is 3.50. The fraction of sp³-hybridized carbons (Fsp3) is 0.867. The number of rotatable bonds is 2. The zero-order chi connectivity index (χ0) is 15.1. The van der Waals surface area contributed by atoms with Crippen LogP contribution in [0.2, 0.25) is 0 Å². The molecule has 1 heterocycles. The molecule has 1 saturated carbocycles. The lowest BCUT2D eigenvalue weighted by Crippen LogP contribution is -2.60. The van der Waals surface area contributed by atoms with Gasteiger partial charge in [-0.3, -0.25) is 14.5 Å². The SMILES string of the molecule is CC1CC(C(=O)O)C(C(=O)N2CCN(C)C(C)(C)C2)C1. The molecule has 3 atom stereocenters. The highest BCUT2D eigenvalue weighted by molar-refractivity contribution is 5.85. The molecule has 1 aliphatic heterocycles. The van der Waals surface area contributed by atoms with E-state index in [-0.39, 0.29) is 17.4 Å². The van der Waals surface area contributed by atoms with Crippen LogP contribution in [0.5, 0.6) is 0 Å². The molecule has 5 heteroatoms. The van der Waals surface area contributed by atoms with Gasteiger partial charge in [0, 0.05) is 25.2 Å². The molecule has 2 fully saturated rings. The molecule has 114 valence electrons. The topological polar surface area (TPSA) is 60.9 Å². The van der Waals surface area contributed by atoms with Gasteiger partial charge in [0.25, 0.3) is 0 Å². The van der Waals surface area contributed by atoms with Gasteiger partial charge in [-0.15, -0.1) is 0 Å². The van der Waals surface area contributed by atoms with Crippen molar-refractivity contribution in [2.24, 2.45) is 17.8 Å². The number of amides is 1. The van der Waals surface area contributed by atoms with Crippen molar-refractivity contribution >= 4 is 11.9 Å². The van der Waals surface area contributed by atoms with Crippen LogP contribution in [0.3, 0.4) is 0 Å². The zero-order valence-corrected chi connectivity index (χ0v) is 12.9. The van der Waals surface area contributed by atoms with Crippen molar-refractivity contribution in [2.45, 2.75) is 39.2 Å². The predicted molar refractivity (Wildman–Crippen MR) is 76.3 cm³/mol. The first-order chi connectivity index (χ1) is 9.22. The second-order valence-electron chi connectivity index (χ2n) is 7.12. The van der Waals surface area contributed by atoms with E-state index < -0.39 is 11.9 Å². The van der Waals surface area contributed by atoms with Crippen LogP contribution in [-0.4, -0.2) is 59.0 Å². The Morgan fingerprint density at radius 2 is 1.75 bits per heavy atom. The maximum absolute atomic E-state index is 12.7. The number of carboxylic acid groups (broad SMARTS) is 1. The number of carbonyl (C=O) groups excluding carboxylic acids is 1. The van der Waals surface area contributed by atoms with E-state index in [4.69, 9.17) is 0 Å². The third-order valence-corrected chi connectivity index (χ3v) is 5.06. The first kappa shape index (κ1) is 15.3. The van der Waals surface area contributed by atoms with E-state index >= 15 is 0 Å². The summed E-state index contributed by atoms with van der Waals surface area (Å²) in [6.45, 7) is 8.52. The number of carbonyl (C=O) groups is 2. The largest absolute Gasteiger partial charge is 0.481 e. The molecular formula is C15H26N2O3. The van der Waals surface area contributed by atoms with E-state index in [1.807, 2.05) is 11.8 Å². The number of likely N-dealkylation sites (N-methyl/N-ethyl adjacent to an activating group) is 1. The predicted octanol–water partition coefficient (Wildman–Crippen LogP) is 1.29. The molecule has 0 aromatic rings. The highest BCUT2D eigenvalue weighted by Crippen LogP contribution is 2.38. The van der Waals surface area contributed by atoms with E-state index in [1.165, 1.54) is 0 Å². The van der Waals surface area contributed by atoms with Crippen LogP contribution in [0, 0.1) is 17.8 Å². The van der Waals surface area contributed by atoms with Crippen molar-refractivity contribution < 1.29 is 14.7 Å². The van der Waals surface area contributed by atoms with Crippen molar-refractivity contribution in [1.29, 1.82) is 0 Å². The lowest BCUT2D eigenvalue weighted by molar-refractivity contribution is -0.151. The minimum Gasteiger partial charge on any atom is -0.481 e. The summed E-state index contributed by atoms with van der Waals surface area (Å²) in [5.74, 6) is -1.28. The van der Waals surface area contributed by atoms with Crippen LogP contribution in [0.15, 0.2) is 0 Å². The summed E-state index contributed by atoms with van der Waals surface area (Å²) in [4.78, 5) is 28.2. The van der Waals surface area contributed by atoms with Gasteiger partial charge in [-0.2, -0.15) is 0 Å². The Labute approximate surface area is 120 Å². The van der Waals surface area contributed by atoms with Crippen molar-refractivity contribution in [3.8, 4) is 0 Å². The molecule has 20 heavy (non-hydrogen) atoms. The Morgan fingerprint density at radius 1 is 1.15 bits per heavy atom. The van der Waals surface area contributed by atoms with Gasteiger partial charge in [-0.05, 0) is 39.7 Å². The Kier molecular flexibility index (Phi) is 4.09. The number of aliphatic carboxylic acids is 1. The number of piperazine rings is 1. The Hall–Kier alpha value is -1.10. The van der Waals surface area contributed by atoms with E-state index in [1.54, 1.807) is 0 Å². The van der Waals surface area contributed by atoms with Gasteiger partial charge in [0.2, 0.25) is 5.91 Å². The number of nitrogens with zero attached hydrogens (tertiary/aromatic N) is 2. The van der Waals surface area contributed by atoms with Crippen molar-refractivity contribution in [3.05, 3.63) is 0 Å². The first-order valence-corrected chi connectivity index (χ1v) is 7.45. The van der Waals surface area contributed by atoms with Crippen LogP contribution < -0.4 is 0 Å². The van der Waals surface area contributed by atoms with Crippen LogP contribution >= 0.6 is 0 Å². The number of carboxylic acids is 1. The molecule has 5 nitrogen and oxygen atoms in total. The van der Waals surface area contributed by atoms with Crippen LogP contribution in [0.4, 0.5) is 0 Å². The molecule has 1 N–H and O–H groups in total. The van der Waals surface area contributed by atoms with Gasteiger partial charge in [0.1, 0.15) is 0 Å². The van der Waals surface area contributed by atoms with Crippen LogP contribution in [0.1, 0.15) is 33.6 Å². The summed E-state index contributed by atoms with van der Waals surface area (Å²) in [6.07, 6.45) is 1.34. The minimum atomic E-state index is -0.818. The number of hydrogen-bond donors (Lipinski definition) is 1. The maximum Gasteiger partial charge on any atom is 0.307 e. The molecule has 1 aliphatic carbocycles. The monoisotopic (exact) mass is 282 g/mol. The smallest absolute Gasteiger partial charge is 0.307 e. The van der Waals surface area contributed by atoms with Crippen molar-refractivity contribution in [2.75, 3.05) is 26.7 Å². The fourth-order valence-electron chi connectivity index (χ4n) is 3.50. The quantitative estimate of drug-likeness (QED) is 0.829. The molecule has 1 saturated heterocycles. The van der Waals surface area contributed by atoms with Crippen molar-refractivity contribution in [3.63, 3.8) is 0 Å². The van der Waals surface area contributed by atoms with Crippen LogP contribution in [-0.2, 0) is 9.59 Å². The van der Waals surface area contributed by atoms with Gasteiger partial charge >= 0.3 is 5.97 Å². The zero-order valence-electron chi connectivity index (χ0n) is 12.9. The van der Waals surface area contributed by atoms with Gasteiger partial charge in [-0.25, -0.2) is 0 Å². The summed E-state index contributed by atoms with van der Waals surface area (Å²) in [6, 6.07) is 0. The van der Waals surface area contributed by atoms with Gasteiger partial charge in [0.05, 0.1) is 11.8 Å². The maximum atomic E-state index is 12.7. The molecule has 0 aromatic heterocycles. The van der Waals surface area contributed by atoms with E-state index in [9.17, 15) is 14.7 Å². The molecule has 2 aliphatic rings. The van der Waals surface area contributed by atoms with Gasteiger partial charge < -0.3 is 10.0 Å². The van der Waals surface area contributed by atoms with E-state index in [2.05, 4.69) is 25.8 Å². The van der Waals surface area contributed by atoms with Gasteiger partial charge in [-0.1, -0.05) is 6.92 Å². The summed E-state index contributed by atoms with van der Waals surface area (Å²) in [7, 11) is 2.07. The molecule has 3 unspecified atom stereocenters. The minimum absolute atomic E-state index is 0.0444. The average molecular weight is 282 g/mol. The Morgan fingerprint density at radius 3 is 2.30 bits per heavy atom. The van der Waals surface area contributed by atoms with Crippen LogP contribution in [0.25, 0.3) is 0 Å². The Balaban J connectivity index is 2.09. The number of hydrogen-bond acceptors (Lipinski definition) is 3. The Bertz CT molecular complexity index is 408. The summed E-state index contributed by atoms with van der Waals surface area (Å²) >= 11 is 0. The third-order valence-electron chi connectivity index (χ3n) is 5.06. The van der Waals surface area contributed by atoms with Gasteiger partial charge in [0.15, 0.2) is 0 Å².